The lowest BCUT2D eigenvalue weighted by molar-refractivity contribution is -0.205. The first-order valence-electron chi connectivity index (χ1n) is 11.1. The van der Waals surface area contributed by atoms with Gasteiger partial charge in [0.05, 0.1) is 12.6 Å². The van der Waals surface area contributed by atoms with Crippen LogP contribution in [0.15, 0.2) is 42.5 Å². The molecule has 3 N–H and O–H groups in total. The Morgan fingerprint density at radius 2 is 1.71 bits per heavy atom. The number of rotatable bonds is 9. The van der Waals surface area contributed by atoms with Crippen molar-refractivity contribution < 1.29 is 35.9 Å². The highest BCUT2D eigenvalue weighted by Crippen LogP contribution is 2.47. The SMILES string of the molecule is CCc1ccc(C2=CC(=O)NC(c3ccc(OCCCCCC(F)(F)F)cc3)(C(F)(F)F)C2N)s1. The Labute approximate surface area is 203 Å². The van der Waals surface area contributed by atoms with Crippen molar-refractivity contribution in [2.45, 2.75) is 63.0 Å². The first kappa shape index (κ1) is 27.1. The molecule has 3 rings (SSSR count). The predicted molar refractivity (Wildman–Crippen MR) is 122 cm³/mol. The molecule has 0 saturated carbocycles. The maximum atomic E-state index is 14.5. The minimum absolute atomic E-state index is 0.0165. The van der Waals surface area contributed by atoms with E-state index in [-0.39, 0.29) is 29.9 Å². The standard InChI is InChI=1S/C24H26F6N2O2S/c1-2-17-10-11-19(35-17)18-14-20(33)32-23(21(18)31,24(28,29)30)15-6-8-16(9-7-15)34-13-5-3-4-12-22(25,26)27/h6-11,14,21H,2-5,12-13,31H2,1H3,(H,32,33). The number of carbonyl (C=O) groups excluding carboxylic acids is 1. The number of alkyl halides is 6. The summed E-state index contributed by atoms with van der Waals surface area (Å²) in [7, 11) is 0. The van der Waals surface area contributed by atoms with E-state index in [0.717, 1.165) is 11.0 Å². The summed E-state index contributed by atoms with van der Waals surface area (Å²) >= 11 is 1.29. The fourth-order valence-electron chi connectivity index (χ4n) is 3.99. The molecular weight excluding hydrogens is 494 g/mol. The number of nitrogens with one attached hydrogen (secondary N) is 1. The van der Waals surface area contributed by atoms with Gasteiger partial charge in [-0.25, -0.2) is 0 Å². The Morgan fingerprint density at radius 3 is 2.29 bits per heavy atom. The van der Waals surface area contributed by atoms with E-state index in [1.165, 1.54) is 35.6 Å². The zero-order chi connectivity index (χ0) is 25.9. The number of benzene rings is 1. The average molecular weight is 521 g/mol. The molecule has 2 heterocycles. The third-order valence-electron chi connectivity index (χ3n) is 5.83. The molecule has 1 aliphatic heterocycles. The summed E-state index contributed by atoms with van der Waals surface area (Å²) in [6.07, 6.45) is -7.49. The zero-order valence-electron chi connectivity index (χ0n) is 18.9. The van der Waals surface area contributed by atoms with Crippen molar-refractivity contribution in [1.82, 2.24) is 5.32 Å². The average Bonchev–Trinajstić information content (AvgIpc) is 3.25. The molecule has 1 amide bonds. The van der Waals surface area contributed by atoms with Gasteiger partial charge in [-0.1, -0.05) is 19.1 Å². The molecule has 4 nitrogen and oxygen atoms in total. The number of carbonyl (C=O) groups is 1. The van der Waals surface area contributed by atoms with E-state index in [1.807, 2.05) is 6.92 Å². The van der Waals surface area contributed by atoms with E-state index in [2.05, 4.69) is 5.32 Å². The number of hydrogen-bond donors (Lipinski definition) is 2. The molecule has 1 aromatic carbocycles. The highest BCUT2D eigenvalue weighted by molar-refractivity contribution is 7.13. The maximum Gasteiger partial charge on any atom is 0.417 e. The normalized spacial score (nSPS) is 21.0. The molecule has 1 aliphatic rings. The lowest BCUT2D eigenvalue weighted by Crippen LogP contribution is -2.67. The molecule has 2 unspecified atom stereocenters. The first-order chi connectivity index (χ1) is 16.4. The van der Waals surface area contributed by atoms with E-state index in [9.17, 15) is 31.1 Å². The number of nitrogens with two attached hydrogens (primary N) is 1. The zero-order valence-corrected chi connectivity index (χ0v) is 19.7. The number of halogens is 6. The molecule has 2 atom stereocenters. The second-order valence-electron chi connectivity index (χ2n) is 8.29. The van der Waals surface area contributed by atoms with Crippen molar-refractivity contribution in [3.8, 4) is 5.75 Å². The number of hydrogen-bond acceptors (Lipinski definition) is 4. The molecule has 35 heavy (non-hydrogen) atoms. The maximum absolute atomic E-state index is 14.5. The van der Waals surface area contributed by atoms with Gasteiger partial charge in [-0.15, -0.1) is 11.3 Å². The first-order valence-corrected chi connectivity index (χ1v) is 11.9. The van der Waals surface area contributed by atoms with Gasteiger partial charge in [0, 0.05) is 22.3 Å². The smallest absolute Gasteiger partial charge is 0.417 e. The van der Waals surface area contributed by atoms with Crippen LogP contribution in [-0.4, -0.2) is 30.9 Å². The fourth-order valence-corrected chi connectivity index (χ4v) is 4.99. The van der Waals surface area contributed by atoms with Crippen LogP contribution in [0.25, 0.3) is 5.57 Å². The number of amides is 1. The van der Waals surface area contributed by atoms with Crippen molar-refractivity contribution in [3.05, 3.63) is 57.8 Å². The molecular formula is C24H26F6N2O2S. The van der Waals surface area contributed by atoms with Crippen LogP contribution in [0.3, 0.4) is 0 Å². The van der Waals surface area contributed by atoms with Crippen molar-refractivity contribution in [1.29, 1.82) is 0 Å². The molecule has 0 spiro atoms. The second kappa shape index (κ2) is 10.6. The monoisotopic (exact) mass is 520 g/mol. The van der Waals surface area contributed by atoms with Gasteiger partial charge in [0.2, 0.25) is 5.91 Å². The van der Waals surface area contributed by atoms with Crippen LogP contribution in [0.5, 0.6) is 5.75 Å². The van der Waals surface area contributed by atoms with Gasteiger partial charge in [0.25, 0.3) is 0 Å². The summed E-state index contributed by atoms with van der Waals surface area (Å²) in [5, 5.41) is 2.06. The van der Waals surface area contributed by atoms with E-state index in [1.54, 1.807) is 12.1 Å². The van der Waals surface area contributed by atoms with Crippen LogP contribution in [0.4, 0.5) is 26.3 Å². The Hall–Kier alpha value is -2.53. The minimum atomic E-state index is -4.91. The summed E-state index contributed by atoms with van der Waals surface area (Å²) in [5.74, 6) is -0.635. The van der Waals surface area contributed by atoms with Crippen LogP contribution in [0.1, 0.15) is 47.9 Å². The quantitative estimate of drug-likeness (QED) is 0.310. The summed E-state index contributed by atoms with van der Waals surface area (Å²) in [4.78, 5) is 13.9. The molecule has 11 heteroatoms. The number of unbranched alkanes of at least 4 members (excludes halogenated alkanes) is 2. The van der Waals surface area contributed by atoms with Gasteiger partial charge < -0.3 is 15.8 Å². The van der Waals surface area contributed by atoms with Gasteiger partial charge in [-0.3, -0.25) is 4.79 Å². The lowest BCUT2D eigenvalue weighted by atomic mass is 9.76. The predicted octanol–water partition coefficient (Wildman–Crippen LogP) is 6.11. The van der Waals surface area contributed by atoms with Crippen molar-refractivity contribution >= 4 is 22.8 Å². The van der Waals surface area contributed by atoms with Crippen LogP contribution < -0.4 is 15.8 Å². The summed E-state index contributed by atoms with van der Waals surface area (Å²) < 4.78 is 85.6. The van der Waals surface area contributed by atoms with Crippen molar-refractivity contribution in [2.75, 3.05) is 6.61 Å². The van der Waals surface area contributed by atoms with Crippen LogP contribution in [0, 0.1) is 0 Å². The third kappa shape index (κ3) is 6.19. The molecule has 2 aromatic rings. The third-order valence-corrected chi connectivity index (χ3v) is 7.11. The highest BCUT2D eigenvalue weighted by Gasteiger charge is 2.63. The Balaban J connectivity index is 1.78. The fraction of sp³-hybridized carbons (Fsp3) is 0.458. The van der Waals surface area contributed by atoms with E-state index in [4.69, 9.17) is 10.5 Å². The Bertz CT molecular complexity index is 1050. The van der Waals surface area contributed by atoms with Crippen LogP contribution in [-0.2, 0) is 16.8 Å². The number of ether oxygens (including phenoxy) is 1. The van der Waals surface area contributed by atoms with Crippen molar-refractivity contribution in [3.63, 3.8) is 0 Å². The largest absolute Gasteiger partial charge is 0.494 e. The Morgan fingerprint density at radius 1 is 1.03 bits per heavy atom. The lowest BCUT2D eigenvalue weighted by Gasteiger charge is -2.44. The molecule has 0 saturated heterocycles. The molecule has 0 radical (unpaired) electrons. The number of thiophene rings is 1. The summed E-state index contributed by atoms with van der Waals surface area (Å²) in [6.45, 7) is 2.05. The minimum Gasteiger partial charge on any atom is -0.494 e. The Kier molecular flexibility index (Phi) is 8.21. The van der Waals surface area contributed by atoms with Gasteiger partial charge >= 0.3 is 12.4 Å². The molecule has 1 aromatic heterocycles. The highest BCUT2D eigenvalue weighted by atomic mass is 32.1. The van der Waals surface area contributed by atoms with Crippen molar-refractivity contribution in [2.24, 2.45) is 5.73 Å². The summed E-state index contributed by atoms with van der Waals surface area (Å²) in [5.41, 5.74) is 3.22. The van der Waals surface area contributed by atoms with E-state index in [0.29, 0.717) is 24.1 Å². The topological polar surface area (TPSA) is 64.3 Å². The molecule has 0 fully saturated rings. The molecule has 192 valence electrons. The van der Waals surface area contributed by atoms with E-state index >= 15 is 0 Å². The van der Waals surface area contributed by atoms with Crippen LogP contribution >= 0.6 is 11.3 Å². The van der Waals surface area contributed by atoms with E-state index < -0.39 is 36.3 Å². The second-order valence-corrected chi connectivity index (χ2v) is 9.46. The number of aryl methyl sites for hydroxylation is 1. The van der Waals surface area contributed by atoms with Crippen LogP contribution in [0.2, 0.25) is 0 Å². The summed E-state index contributed by atoms with van der Waals surface area (Å²) in [6, 6.07) is 6.92. The van der Waals surface area contributed by atoms with Gasteiger partial charge in [0.1, 0.15) is 5.75 Å². The van der Waals surface area contributed by atoms with Gasteiger partial charge in [-0.05, 0) is 61.1 Å². The van der Waals surface area contributed by atoms with Gasteiger partial charge in [0.15, 0.2) is 5.54 Å². The van der Waals surface area contributed by atoms with Gasteiger partial charge in [-0.2, -0.15) is 26.3 Å². The molecule has 0 aliphatic carbocycles. The molecule has 0 bridgehead atoms.